The number of esters is 1. The molecule has 0 N–H and O–H groups in total. The Balaban J connectivity index is 1.27. The Bertz CT molecular complexity index is 1300. The summed E-state index contributed by atoms with van der Waals surface area (Å²) in [7, 11) is 0. The van der Waals surface area contributed by atoms with Crippen molar-refractivity contribution in [3.05, 3.63) is 101 Å². The maximum atomic E-state index is 11.4. The zero-order chi connectivity index (χ0) is 27.0. The minimum Gasteiger partial charge on any atom is -0.458 e. The van der Waals surface area contributed by atoms with Gasteiger partial charge in [0.25, 0.3) is 0 Å². The number of carbonyl (C=O) groups is 1. The second kappa shape index (κ2) is 13.0. The van der Waals surface area contributed by atoms with Crippen molar-refractivity contribution >= 4 is 17.0 Å². The average molecular weight is 525 g/mol. The Kier molecular flexibility index (Phi) is 9.07. The third kappa shape index (κ3) is 6.75. The molecule has 1 aromatic heterocycles. The highest BCUT2D eigenvalue weighted by Crippen LogP contribution is 2.30. The zero-order valence-electron chi connectivity index (χ0n) is 23.3. The molecular weight excluding hydrogens is 484 g/mol. The lowest BCUT2D eigenvalue weighted by atomic mass is 9.96. The van der Waals surface area contributed by atoms with Crippen LogP contribution >= 0.6 is 0 Å². The molecule has 1 aliphatic heterocycles. The predicted octanol–water partition coefficient (Wildman–Crippen LogP) is 6.20. The number of hydrogen-bond acceptors (Lipinski definition) is 5. The Morgan fingerprint density at radius 3 is 2.18 bits per heavy atom. The number of aryl methyl sites for hydroxylation is 1. The number of rotatable bonds is 11. The topological polar surface area (TPSA) is 50.6 Å². The van der Waals surface area contributed by atoms with E-state index < -0.39 is 0 Å². The molecule has 6 heteroatoms. The first-order valence-electron chi connectivity index (χ1n) is 14.3. The van der Waals surface area contributed by atoms with Crippen molar-refractivity contribution in [1.29, 1.82) is 0 Å². The Hall–Kier alpha value is -3.48. The van der Waals surface area contributed by atoms with Gasteiger partial charge in [0.05, 0.1) is 17.1 Å². The summed E-state index contributed by atoms with van der Waals surface area (Å²) >= 11 is 0. The first kappa shape index (κ1) is 27.1. The minimum atomic E-state index is -0.274. The maximum absolute atomic E-state index is 11.4. The van der Waals surface area contributed by atoms with Crippen LogP contribution in [0.2, 0.25) is 0 Å². The van der Waals surface area contributed by atoms with Crippen LogP contribution in [-0.4, -0.2) is 51.5 Å². The fourth-order valence-electron chi connectivity index (χ4n) is 5.69. The molecule has 1 fully saturated rings. The molecule has 204 valence electrons. The summed E-state index contributed by atoms with van der Waals surface area (Å²) in [4.78, 5) is 21.5. The molecule has 39 heavy (non-hydrogen) atoms. The van der Waals surface area contributed by atoms with Gasteiger partial charge in [0.2, 0.25) is 0 Å². The monoisotopic (exact) mass is 524 g/mol. The maximum Gasteiger partial charge on any atom is 0.303 e. The van der Waals surface area contributed by atoms with E-state index in [1.54, 1.807) is 0 Å². The summed E-state index contributed by atoms with van der Waals surface area (Å²) in [6.07, 6.45) is 3.43. The summed E-state index contributed by atoms with van der Waals surface area (Å²) in [5.41, 5.74) is 6.08. The number of piperazine rings is 1. The Labute approximate surface area is 232 Å². The van der Waals surface area contributed by atoms with Crippen LogP contribution in [0.25, 0.3) is 11.0 Å². The lowest BCUT2D eigenvalue weighted by Crippen LogP contribution is -2.47. The quantitative estimate of drug-likeness (QED) is 0.173. The summed E-state index contributed by atoms with van der Waals surface area (Å²) in [5.74, 6) is 0.554. The van der Waals surface area contributed by atoms with Gasteiger partial charge in [-0.15, -0.1) is 0 Å². The van der Waals surface area contributed by atoms with Gasteiger partial charge in [-0.25, -0.2) is 4.98 Å². The van der Waals surface area contributed by atoms with Crippen LogP contribution in [0.1, 0.15) is 61.7 Å². The van der Waals surface area contributed by atoms with Crippen LogP contribution < -0.4 is 0 Å². The molecule has 6 nitrogen and oxygen atoms in total. The lowest BCUT2D eigenvalue weighted by molar-refractivity contribution is -0.142. The number of fused-ring (bicyclic) bond motifs is 1. The fourth-order valence-corrected chi connectivity index (χ4v) is 5.69. The van der Waals surface area contributed by atoms with Crippen LogP contribution in [0.15, 0.2) is 78.9 Å². The van der Waals surface area contributed by atoms with Gasteiger partial charge in [-0.2, -0.15) is 0 Å². The molecule has 1 saturated heterocycles. The van der Waals surface area contributed by atoms with E-state index in [1.165, 1.54) is 36.5 Å². The molecule has 0 aliphatic carbocycles. The van der Waals surface area contributed by atoms with Gasteiger partial charge >= 0.3 is 5.97 Å². The summed E-state index contributed by atoms with van der Waals surface area (Å²) < 4.78 is 7.54. The third-order valence-electron chi connectivity index (χ3n) is 7.69. The molecular formula is C33H40N4O2. The van der Waals surface area contributed by atoms with Gasteiger partial charge < -0.3 is 9.30 Å². The number of ether oxygens (including phenoxy) is 1. The molecule has 0 atom stereocenters. The van der Waals surface area contributed by atoms with Gasteiger partial charge in [0.15, 0.2) is 0 Å². The Morgan fingerprint density at radius 1 is 0.897 bits per heavy atom. The number of carbonyl (C=O) groups excluding carboxylic acids is 1. The second-order valence-electron chi connectivity index (χ2n) is 10.5. The van der Waals surface area contributed by atoms with Crippen molar-refractivity contribution in [3.8, 4) is 0 Å². The van der Waals surface area contributed by atoms with Crippen LogP contribution in [0.3, 0.4) is 0 Å². The van der Waals surface area contributed by atoms with E-state index in [0.29, 0.717) is 0 Å². The lowest BCUT2D eigenvalue weighted by Gasteiger charge is -2.39. The van der Waals surface area contributed by atoms with Gasteiger partial charge in [-0.1, -0.05) is 86.5 Å². The molecule has 1 aliphatic rings. The molecule has 5 rings (SSSR count). The van der Waals surface area contributed by atoms with Crippen molar-refractivity contribution in [2.75, 3.05) is 26.2 Å². The van der Waals surface area contributed by atoms with E-state index in [-0.39, 0.29) is 18.6 Å². The van der Waals surface area contributed by atoms with Gasteiger partial charge in [0, 0.05) is 46.2 Å². The first-order chi connectivity index (χ1) is 19.1. The number of hydrogen-bond donors (Lipinski definition) is 0. The van der Waals surface area contributed by atoms with Crippen LogP contribution in [0.4, 0.5) is 0 Å². The first-order valence-corrected chi connectivity index (χ1v) is 14.3. The molecule has 2 heterocycles. The fraction of sp³-hybridized carbons (Fsp3) is 0.394. The molecule has 0 amide bonds. The molecule has 0 saturated carbocycles. The van der Waals surface area contributed by atoms with Crippen LogP contribution in [-0.2, 0) is 29.2 Å². The third-order valence-corrected chi connectivity index (χ3v) is 7.69. The van der Waals surface area contributed by atoms with E-state index in [2.05, 4.69) is 100 Å². The highest BCUT2D eigenvalue weighted by molar-refractivity contribution is 5.77. The molecule has 0 radical (unpaired) electrons. The molecule has 0 spiro atoms. The second-order valence-corrected chi connectivity index (χ2v) is 10.5. The van der Waals surface area contributed by atoms with E-state index in [1.807, 2.05) is 0 Å². The zero-order valence-corrected chi connectivity index (χ0v) is 23.3. The number of unbranched alkanes of at least 4 members (excludes halogenated alkanes) is 2. The SMILES string of the molecule is CCCCCn1c(COC(C)=O)nc2cc(CN3CCN(C(c4ccccc4)c4ccccc4)CC3)ccc21. The van der Waals surface area contributed by atoms with E-state index in [4.69, 9.17) is 9.72 Å². The summed E-state index contributed by atoms with van der Waals surface area (Å²) in [6.45, 7) is 9.78. The standard InChI is InChI=1S/C33H40N4O2/c1-3-4-11-18-37-31-17-16-27(23-30(31)34-32(37)25-39-26(2)38)24-35-19-21-36(22-20-35)33(28-12-7-5-8-13-28)29-14-9-6-10-15-29/h5-10,12-17,23,33H,3-4,11,18-22,24-25H2,1-2H3. The van der Waals surface area contributed by atoms with E-state index in [9.17, 15) is 4.79 Å². The summed E-state index contributed by atoms with van der Waals surface area (Å²) in [5, 5.41) is 0. The van der Waals surface area contributed by atoms with Gasteiger partial charge in [-0.3, -0.25) is 14.6 Å². The molecule has 3 aromatic carbocycles. The van der Waals surface area contributed by atoms with Crippen LogP contribution in [0, 0.1) is 0 Å². The number of benzene rings is 3. The largest absolute Gasteiger partial charge is 0.458 e. The minimum absolute atomic E-state index is 0.220. The van der Waals surface area contributed by atoms with Crippen LogP contribution in [0.5, 0.6) is 0 Å². The normalized spacial score (nSPS) is 14.7. The van der Waals surface area contributed by atoms with Crippen molar-refractivity contribution < 1.29 is 9.53 Å². The van der Waals surface area contributed by atoms with Gasteiger partial charge in [0.1, 0.15) is 12.4 Å². The molecule has 0 unspecified atom stereocenters. The van der Waals surface area contributed by atoms with Crippen molar-refractivity contribution in [3.63, 3.8) is 0 Å². The summed E-state index contributed by atoms with van der Waals surface area (Å²) in [6, 6.07) is 28.6. The number of imidazole rings is 1. The van der Waals surface area contributed by atoms with Gasteiger partial charge in [-0.05, 0) is 35.2 Å². The highest BCUT2D eigenvalue weighted by atomic mass is 16.5. The molecule has 0 bridgehead atoms. The van der Waals surface area contributed by atoms with E-state index in [0.717, 1.165) is 62.5 Å². The average Bonchev–Trinajstić information content (AvgIpc) is 3.31. The van der Waals surface area contributed by atoms with Crippen molar-refractivity contribution in [2.24, 2.45) is 0 Å². The predicted molar refractivity (Wildman–Crippen MR) is 156 cm³/mol. The highest BCUT2D eigenvalue weighted by Gasteiger charge is 2.26. The number of nitrogens with zero attached hydrogens (tertiary/aromatic N) is 4. The molecule has 4 aromatic rings. The Morgan fingerprint density at radius 2 is 1.56 bits per heavy atom. The number of aromatic nitrogens is 2. The smallest absolute Gasteiger partial charge is 0.303 e. The van der Waals surface area contributed by atoms with Crippen molar-refractivity contribution in [1.82, 2.24) is 19.4 Å². The van der Waals surface area contributed by atoms with E-state index >= 15 is 0 Å². The van der Waals surface area contributed by atoms with Crippen molar-refractivity contribution in [2.45, 2.75) is 58.8 Å².